The third kappa shape index (κ3) is 2.90. The topological polar surface area (TPSA) is 59.6 Å². The lowest BCUT2D eigenvalue weighted by Gasteiger charge is -2.09. The third-order valence-corrected chi connectivity index (χ3v) is 2.96. The molecule has 0 saturated heterocycles. The number of rotatable bonds is 2. The molecule has 0 spiro atoms. The van der Waals surface area contributed by atoms with Crippen LogP contribution in [0.2, 0.25) is 0 Å². The van der Waals surface area contributed by atoms with Crippen LogP contribution in [0.15, 0.2) is 40.9 Å². The van der Waals surface area contributed by atoms with E-state index in [2.05, 4.69) is 27.3 Å². The molecule has 0 amide bonds. The maximum atomic E-state index is 13.5. The molecule has 5 heteroatoms. The summed E-state index contributed by atoms with van der Waals surface area (Å²) in [6, 6.07) is 13.2. The maximum Gasteiger partial charge on any atom is 0.143 e. The van der Waals surface area contributed by atoms with Gasteiger partial charge in [-0.05, 0) is 36.4 Å². The molecule has 0 bridgehead atoms. The summed E-state index contributed by atoms with van der Waals surface area (Å²) in [6.45, 7) is 0. The molecule has 2 aromatic rings. The molecule has 0 aliphatic rings. The molecule has 2 aromatic carbocycles. The Balaban J connectivity index is 2.35. The third-order valence-electron chi connectivity index (χ3n) is 2.47. The molecule has 0 unspecified atom stereocenters. The molecule has 0 radical (unpaired) electrons. The van der Waals surface area contributed by atoms with Crippen molar-refractivity contribution in [3.63, 3.8) is 0 Å². The molecule has 92 valence electrons. The average Bonchev–Trinajstić information content (AvgIpc) is 2.41. The van der Waals surface area contributed by atoms with Gasteiger partial charge in [-0.3, -0.25) is 0 Å². The maximum absolute atomic E-state index is 13.5. The van der Waals surface area contributed by atoms with Crippen LogP contribution in [0.25, 0.3) is 0 Å². The molecule has 2 rings (SSSR count). The van der Waals surface area contributed by atoms with Gasteiger partial charge in [-0.25, -0.2) is 4.39 Å². The Morgan fingerprint density at radius 2 is 1.74 bits per heavy atom. The number of halogens is 2. The van der Waals surface area contributed by atoms with E-state index in [-0.39, 0.29) is 5.56 Å². The fraction of sp³-hybridized carbons (Fsp3) is 0. The first-order valence-corrected chi connectivity index (χ1v) is 6.09. The lowest BCUT2D eigenvalue weighted by Crippen LogP contribution is -1.95. The van der Waals surface area contributed by atoms with Crippen molar-refractivity contribution < 1.29 is 4.39 Å². The fourth-order valence-corrected chi connectivity index (χ4v) is 1.92. The van der Waals surface area contributed by atoms with Crippen LogP contribution in [0.3, 0.4) is 0 Å². The zero-order chi connectivity index (χ0) is 13.8. The number of nitrogens with zero attached hydrogens (tertiary/aromatic N) is 2. The second kappa shape index (κ2) is 5.51. The second-order valence-corrected chi connectivity index (χ2v) is 4.65. The number of nitriles is 2. The van der Waals surface area contributed by atoms with Gasteiger partial charge in [-0.1, -0.05) is 15.9 Å². The summed E-state index contributed by atoms with van der Waals surface area (Å²) in [5.41, 5.74) is 1.49. The first-order valence-electron chi connectivity index (χ1n) is 5.30. The molecular weight excluding hydrogens is 309 g/mol. The summed E-state index contributed by atoms with van der Waals surface area (Å²) in [4.78, 5) is 0. The van der Waals surface area contributed by atoms with Gasteiger partial charge in [0.25, 0.3) is 0 Å². The van der Waals surface area contributed by atoms with Crippen LogP contribution in [0.1, 0.15) is 11.1 Å². The minimum Gasteiger partial charge on any atom is -0.354 e. The van der Waals surface area contributed by atoms with Gasteiger partial charge in [-0.15, -0.1) is 0 Å². The Labute approximate surface area is 118 Å². The van der Waals surface area contributed by atoms with E-state index in [1.807, 2.05) is 0 Å². The Hall–Kier alpha value is -2.37. The molecule has 0 atom stereocenters. The first-order chi connectivity index (χ1) is 9.13. The van der Waals surface area contributed by atoms with Gasteiger partial charge in [0.1, 0.15) is 18.0 Å². The van der Waals surface area contributed by atoms with Crippen molar-refractivity contribution >= 4 is 27.3 Å². The van der Waals surface area contributed by atoms with E-state index < -0.39 is 5.82 Å². The SMILES string of the molecule is N#Cc1ccc(Nc2ccc(Br)cc2C#N)cc1F. The zero-order valence-corrected chi connectivity index (χ0v) is 11.2. The molecule has 0 aliphatic carbocycles. The normalized spacial score (nSPS) is 9.47. The summed E-state index contributed by atoms with van der Waals surface area (Å²) in [5.74, 6) is -0.594. The first kappa shape index (κ1) is 13.1. The number of hydrogen-bond donors (Lipinski definition) is 1. The lowest BCUT2D eigenvalue weighted by atomic mass is 10.1. The Morgan fingerprint density at radius 1 is 1.00 bits per heavy atom. The fourth-order valence-electron chi connectivity index (χ4n) is 1.56. The van der Waals surface area contributed by atoms with E-state index in [0.29, 0.717) is 16.9 Å². The van der Waals surface area contributed by atoms with Crippen molar-refractivity contribution in [1.82, 2.24) is 0 Å². The molecule has 0 fully saturated rings. The second-order valence-electron chi connectivity index (χ2n) is 3.73. The minimum atomic E-state index is -0.594. The summed E-state index contributed by atoms with van der Waals surface area (Å²) in [6.07, 6.45) is 0. The van der Waals surface area contributed by atoms with Crippen molar-refractivity contribution in [3.8, 4) is 12.1 Å². The predicted molar refractivity (Wildman–Crippen MR) is 73.3 cm³/mol. The molecule has 0 heterocycles. The van der Waals surface area contributed by atoms with Gasteiger partial charge in [-0.2, -0.15) is 10.5 Å². The van der Waals surface area contributed by atoms with E-state index in [9.17, 15) is 4.39 Å². The van der Waals surface area contributed by atoms with Gasteiger partial charge in [0.05, 0.1) is 16.8 Å². The largest absolute Gasteiger partial charge is 0.354 e. The summed E-state index contributed by atoms with van der Waals surface area (Å²) < 4.78 is 14.3. The quantitative estimate of drug-likeness (QED) is 0.908. The van der Waals surface area contributed by atoms with Gasteiger partial charge in [0.2, 0.25) is 0 Å². The zero-order valence-electron chi connectivity index (χ0n) is 9.61. The molecule has 0 aliphatic heterocycles. The minimum absolute atomic E-state index is 0.0122. The van der Waals surface area contributed by atoms with E-state index in [1.165, 1.54) is 12.1 Å². The lowest BCUT2D eigenvalue weighted by molar-refractivity contribution is 0.624. The number of nitrogens with one attached hydrogen (secondary N) is 1. The highest BCUT2D eigenvalue weighted by atomic mass is 79.9. The van der Waals surface area contributed by atoms with E-state index in [0.717, 1.165) is 4.47 Å². The summed E-state index contributed by atoms with van der Waals surface area (Å²) in [7, 11) is 0. The summed E-state index contributed by atoms with van der Waals surface area (Å²) in [5, 5.41) is 20.6. The van der Waals surface area contributed by atoms with Crippen molar-refractivity contribution in [2.45, 2.75) is 0 Å². The van der Waals surface area contributed by atoms with Crippen LogP contribution in [-0.4, -0.2) is 0 Å². The van der Waals surface area contributed by atoms with Crippen molar-refractivity contribution in [1.29, 1.82) is 10.5 Å². The van der Waals surface area contributed by atoms with Crippen LogP contribution < -0.4 is 5.32 Å². The Bertz CT molecular complexity index is 714. The standard InChI is InChI=1S/C14H7BrFN3/c15-11-2-4-14(10(5-11)8-18)19-12-3-1-9(7-17)13(16)6-12/h1-6,19H. The van der Waals surface area contributed by atoms with E-state index in [4.69, 9.17) is 10.5 Å². The van der Waals surface area contributed by atoms with Gasteiger partial charge in [0.15, 0.2) is 0 Å². The van der Waals surface area contributed by atoms with E-state index in [1.54, 1.807) is 30.3 Å². The number of hydrogen-bond acceptors (Lipinski definition) is 3. The Kier molecular flexibility index (Phi) is 3.79. The van der Waals surface area contributed by atoms with Crippen LogP contribution in [0.4, 0.5) is 15.8 Å². The highest BCUT2D eigenvalue weighted by Crippen LogP contribution is 2.24. The van der Waals surface area contributed by atoms with E-state index >= 15 is 0 Å². The molecule has 0 aromatic heterocycles. The molecule has 1 N–H and O–H groups in total. The predicted octanol–water partition coefficient (Wildman–Crippen LogP) is 4.08. The molecule has 0 saturated carbocycles. The van der Waals surface area contributed by atoms with Crippen LogP contribution in [0.5, 0.6) is 0 Å². The average molecular weight is 316 g/mol. The van der Waals surface area contributed by atoms with Crippen LogP contribution in [-0.2, 0) is 0 Å². The van der Waals surface area contributed by atoms with Crippen molar-refractivity contribution in [2.24, 2.45) is 0 Å². The molecular formula is C14H7BrFN3. The van der Waals surface area contributed by atoms with Gasteiger partial charge in [0, 0.05) is 10.2 Å². The highest BCUT2D eigenvalue weighted by molar-refractivity contribution is 9.10. The number of benzene rings is 2. The number of anilines is 2. The highest BCUT2D eigenvalue weighted by Gasteiger charge is 2.06. The van der Waals surface area contributed by atoms with Crippen molar-refractivity contribution in [3.05, 3.63) is 57.8 Å². The molecule has 3 nitrogen and oxygen atoms in total. The van der Waals surface area contributed by atoms with Gasteiger partial charge >= 0.3 is 0 Å². The molecule has 19 heavy (non-hydrogen) atoms. The van der Waals surface area contributed by atoms with Crippen molar-refractivity contribution in [2.75, 3.05) is 5.32 Å². The summed E-state index contributed by atoms with van der Waals surface area (Å²) >= 11 is 3.28. The van der Waals surface area contributed by atoms with Crippen LogP contribution in [0, 0.1) is 28.5 Å². The smallest absolute Gasteiger partial charge is 0.143 e. The van der Waals surface area contributed by atoms with Gasteiger partial charge < -0.3 is 5.32 Å². The monoisotopic (exact) mass is 315 g/mol. The Morgan fingerprint density at radius 3 is 2.37 bits per heavy atom. The van der Waals surface area contributed by atoms with Crippen LogP contribution >= 0.6 is 15.9 Å².